The molecule has 2 rings (SSSR count). The lowest BCUT2D eigenvalue weighted by Crippen LogP contribution is -2.15. The molecule has 0 radical (unpaired) electrons. The maximum atomic E-state index is 12.1. The summed E-state index contributed by atoms with van der Waals surface area (Å²) in [5, 5.41) is 0.146. The molecule has 1 saturated heterocycles. The Hall–Kier alpha value is -0.820. The van der Waals surface area contributed by atoms with Gasteiger partial charge < -0.3 is 9.47 Å². The molecule has 0 aromatic heterocycles. The molecule has 1 heterocycles. The molecule has 1 fully saturated rings. The van der Waals surface area contributed by atoms with Crippen LogP contribution in [-0.2, 0) is 18.5 Å². The normalized spacial score (nSPS) is 18.7. The van der Waals surface area contributed by atoms with Crippen molar-refractivity contribution >= 4 is 37.3 Å². The van der Waals surface area contributed by atoms with Gasteiger partial charge >= 0.3 is 5.97 Å². The lowest BCUT2D eigenvalue weighted by molar-refractivity contribution is 0.0427. The molecule has 1 aromatic carbocycles. The van der Waals surface area contributed by atoms with Crippen LogP contribution in [0.2, 0.25) is 5.02 Å². The summed E-state index contributed by atoms with van der Waals surface area (Å²) in [4.78, 5) is 11.9. The largest absolute Gasteiger partial charge is 0.462 e. The molecular weight excluding hydrogens is 339 g/mol. The van der Waals surface area contributed by atoms with Gasteiger partial charge in [-0.1, -0.05) is 11.6 Å². The van der Waals surface area contributed by atoms with Crippen molar-refractivity contribution in [1.82, 2.24) is 0 Å². The van der Waals surface area contributed by atoms with E-state index in [-0.39, 0.29) is 28.0 Å². The van der Waals surface area contributed by atoms with Crippen LogP contribution >= 0.6 is 22.3 Å². The van der Waals surface area contributed by atoms with E-state index in [9.17, 15) is 13.2 Å². The zero-order valence-electron chi connectivity index (χ0n) is 11.3. The molecule has 8 heteroatoms. The third kappa shape index (κ3) is 4.10. The Balaban J connectivity index is 2.21. The first-order chi connectivity index (χ1) is 9.79. The van der Waals surface area contributed by atoms with E-state index in [4.69, 9.17) is 31.8 Å². The fourth-order valence-electron chi connectivity index (χ4n) is 1.99. The number of esters is 1. The Morgan fingerprint density at radius 2 is 2.19 bits per heavy atom. The first kappa shape index (κ1) is 16.5. The number of hydrogen-bond donors (Lipinski definition) is 0. The van der Waals surface area contributed by atoms with Crippen molar-refractivity contribution in [3.05, 3.63) is 28.3 Å². The van der Waals surface area contributed by atoms with Crippen LogP contribution in [-0.4, -0.2) is 34.2 Å². The summed E-state index contributed by atoms with van der Waals surface area (Å²) in [6.07, 6.45) is 0.836. The van der Waals surface area contributed by atoms with E-state index < -0.39 is 15.0 Å². The van der Waals surface area contributed by atoms with E-state index >= 15 is 0 Å². The Labute approximate surface area is 132 Å². The van der Waals surface area contributed by atoms with Gasteiger partial charge in [0.05, 0.1) is 23.7 Å². The molecule has 0 spiro atoms. The number of rotatable bonds is 4. The molecule has 0 amide bonds. The van der Waals surface area contributed by atoms with Crippen molar-refractivity contribution < 1.29 is 22.7 Å². The van der Waals surface area contributed by atoms with E-state index in [1.807, 2.05) is 0 Å². The number of ether oxygens (including phenoxy) is 2. The fourth-order valence-corrected chi connectivity index (χ4v) is 3.06. The van der Waals surface area contributed by atoms with Gasteiger partial charge in [0.25, 0.3) is 9.05 Å². The van der Waals surface area contributed by atoms with Gasteiger partial charge in [-0.05, 0) is 31.0 Å². The molecule has 0 bridgehead atoms. The van der Waals surface area contributed by atoms with Crippen molar-refractivity contribution in [2.75, 3.05) is 19.8 Å². The van der Waals surface area contributed by atoms with Crippen molar-refractivity contribution in [3.8, 4) is 0 Å². The lowest BCUT2D eigenvalue weighted by atomic mass is 10.1. The van der Waals surface area contributed by atoms with E-state index in [1.54, 1.807) is 6.92 Å². The zero-order valence-corrected chi connectivity index (χ0v) is 13.6. The third-order valence-electron chi connectivity index (χ3n) is 3.29. The van der Waals surface area contributed by atoms with Crippen molar-refractivity contribution in [1.29, 1.82) is 0 Å². The minimum absolute atomic E-state index is 0.0978. The van der Waals surface area contributed by atoms with E-state index in [1.165, 1.54) is 12.1 Å². The minimum atomic E-state index is -3.97. The van der Waals surface area contributed by atoms with Crippen LogP contribution in [0, 0.1) is 12.8 Å². The van der Waals surface area contributed by atoms with Crippen LogP contribution in [0.25, 0.3) is 0 Å². The van der Waals surface area contributed by atoms with Gasteiger partial charge in [-0.15, -0.1) is 0 Å². The van der Waals surface area contributed by atoms with E-state index in [0.717, 1.165) is 6.42 Å². The van der Waals surface area contributed by atoms with Gasteiger partial charge in [-0.25, -0.2) is 13.2 Å². The average Bonchev–Trinajstić information content (AvgIpc) is 2.91. The summed E-state index contributed by atoms with van der Waals surface area (Å²) in [5.74, 6) is -0.451. The average molecular weight is 353 g/mol. The first-order valence-electron chi connectivity index (χ1n) is 6.28. The molecule has 1 aromatic rings. The quantitative estimate of drug-likeness (QED) is 0.615. The number of carbonyl (C=O) groups excluding carboxylic acids is 1. The van der Waals surface area contributed by atoms with Crippen LogP contribution in [0.5, 0.6) is 0 Å². The summed E-state index contributed by atoms with van der Waals surface area (Å²) in [6, 6.07) is 2.39. The second-order valence-corrected chi connectivity index (χ2v) is 7.82. The topological polar surface area (TPSA) is 69.7 Å². The summed E-state index contributed by atoms with van der Waals surface area (Å²) in [7, 11) is 1.32. The highest BCUT2D eigenvalue weighted by Crippen LogP contribution is 2.27. The third-order valence-corrected chi connectivity index (χ3v) is 5.02. The molecule has 1 aliphatic rings. The van der Waals surface area contributed by atoms with Gasteiger partial charge in [0, 0.05) is 28.2 Å². The maximum Gasteiger partial charge on any atom is 0.338 e. The van der Waals surface area contributed by atoms with Crippen molar-refractivity contribution in [2.45, 2.75) is 18.2 Å². The van der Waals surface area contributed by atoms with Crippen LogP contribution < -0.4 is 0 Å². The molecule has 0 saturated carbocycles. The predicted molar refractivity (Wildman–Crippen MR) is 78.4 cm³/mol. The molecule has 1 unspecified atom stereocenters. The minimum Gasteiger partial charge on any atom is -0.462 e. The first-order valence-corrected chi connectivity index (χ1v) is 8.97. The fraction of sp³-hybridized carbons (Fsp3) is 0.462. The van der Waals surface area contributed by atoms with Crippen LogP contribution in [0.1, 0.15) is 22.3 Å². The molecular formula is C13H14Cl2O5S. The van der Waals surface area contributed by atoms with Crippen molar-refractivity contribution in [2.24, 2.45) is 5.92 Å². The van der Waals surface area contributed by atoms with Gasteiger partial charge in [0.15, 0.2) is 0 Å². The second-order valence-electron chi connectivity index (χ2n) is 4.84. The molecule has 0 N–H and O–H groups in total. The summed E-state index contributed by atoms with van der Waals surface area (Å²) < 4.78 is 33.1. The van der Waals surface area contributed by atoms with Gasteiger partial charge in [-0.2, -0.15) is 0 Å². The standard InChI is InChI=1S/C13H14Cl2O5S/c1-8-11(4-10(5-12(8)14)21(15,17)18)13(16)20-7-9-2-3-19-6-9/h4-5,9H,2-3,6-7H2,1H3. The predicted octanol–water partition coefficient (Wildman–Crippen LogP) is 2.77. The monoisotopic (exact) mass is 352 g/mol. The summed E-state index contributed by atoms with van der Waals surface area (Å²) in [6.45, 7) is 3.06. The highest BCUT2D eigenvalue weighted by Gasteiger charge is 2.22. The Morgan fingerprint density at radius 1 is 1.48 bits per heavy atom. The van der Waals surface area contributed by atoms with Crippen LogP contribution in [0.4, 0.5) is 0 Å². The van der Waals surface area contributed by atoms with Crippen LogP contribution in [0.3, 0.4) is 0 Å². The lowest BCUT2D eigenvalue weighted by Gasteiger charge is -2.12. The molecule has 1 aliphatic heterocycles. The van der Waals surface area contributed by atoms with Gasteiger partial charge in [0.1, 0.15) is 0 Å². The Kier molecular flexibility index (Phi) is 5.14. The van der Waals surface area contributed by atoms with E-state index in [2.05, 4.69) is 0 Å². The zero-order chi connectivity index (χ0) is 15.6. The smallest absolute Gasteiger partial charge is 0.338 e. The van der Waals surface area contributed by atoms with Crippen molar-refractivity contribution in [3.63, 3.8) is 0 Å². The highest BCUT2D eigenvalue weighted by atomic mass is 35.7. The number of benzene rings is 1. The molecule has 5 nitrogen and oxygen atoms in total. The van der Waals surface area contributed by atoms with E-state index in [0.29, 0.717) is 18.8 Å². The summed E-state index contributed by atoms with van der Waals surface area (Å²) in [5.41, 5.74) is 0.550. The van der Waals surface area contributed by atoms with Gasteiger partial charge in [0.2, 0.25) is 0 Å². The molecule has 0 aliphatic carbocycles. The molecule has 116 valence electrons. The molecule has 21 heavy (non-hydrogen) atoms. The number of halogens is 2. The molecule has 1 atom stereocenters. The summed E-state index contributed by atoms with van der Waals surface area (Å²) >= 11 is 5.95. The Bertz CT molecular complexity index is 651. The highest BCUT2D eigenvalue weighted by molar-refractivity contribution is 8.13. The van der Waals surface area contributed by atoms with Crippen LogP contribution in [0.15, 0.2) is 17.0 Å². The number of carbonyl (C=O) groups is 1. The van der Waals surface area contributed by atoms with Gasteiger partial charge in [-0.3, -0.25) is 0 Å². The SMILES string of the molecule is Cc1c(Cl)cc(S(=O)(=O)Cl)cc1C(=O)OCC1CCOC1. The maximum absolute atomic E-state index is 12.1. The number of hydrogen-bond acceptors (Lipinski definition) is 5. The second kappa shape index (κ2) is 6.52. The Morgan fingerprint density at radius 3 is 2.76 bits per heavy atom.